The minimum Gasteiger partial charge on any atom is -0.0737 e. The van der Waals surface area contributed by atoms with Gasteiger partial charge in [0.25, 0.3) is 0 Å². The first-order valence-electron chi connectivity index (χ1n) is 8.19. The molecule has 0 nitrogen and oxygen atoms in total. The van der Waals surface area contributed by atoms with E-state index in [0.29, 0.717) is 4.36 Å². The summed E-state index contributed by atoms with van der Waals surface area (Å²) in [5.74, 6) is 0. The van der Waals surface area contributed by atoms with Gasteiger partial charge in [-0.25, -0.2) is 0 Å². The smallest absolute Gasteiger partial charge is 0.0737 e. The average molecular weight is 648 g/mol. The van der Waals surface area contributed by atoms with Crippen molar-refractivity contribution in [2.24, 2.45) is 0 Å². The van der Waals surface area contributed by atoms with Gasteiger partial charge in [0.15, 0.2) is 0 Å². The third kappa shape index (κ3) is 8.41. The Morgan fingerprint density at radius 1 is 0.552 bits per heavy atom. The second kappa shape index (κ2) is 12.0. The highest BCUT2D eigenvalue weighted by molar-refractivity contribution is 9.11. The number of hydrogen-bond donors (Lipinski definition) is 0. The van der Waals surface area contributed by atoms with E-state index in [1.165, 1.54) is 11.8 Å². The molecule has 0 bridgehead atoms. The fourth-order valence-electron chi connectivity index (χ4n) is 2.02. The van der Waals surface area contributed by atoms with Gasteiger partial charge in [-0.15, -0.1) is 0 Å². The summed E-state index contributed by atoms with van der Waals surface area (Å²) in [7, 11) is 0. The van der Waals surface area contributed by atoms with Crippen LogP contribution < -0.4 is 0 Å². The molecule has 0 spiro atoms. The van der Waals surface area contributed by atoms with Crippen molar-refractivity contribution in [2.75, 3.05) is 0 Å². The van der Waals surface area contributed by atoms with Crippen molar-refractivity contribution in [2.45, 2.75) is 14.7 Å². The van der Waals surface area contributed by atoms with E-state index >= 15 is 0 Å². The van der Waals surface area contributed by atoms with Gasteiger partial charge >= 0.3 is 0 Å². The van der Waals surface area contributed by atoms with E-state index in [9.17, 15) is 0 Å². The molecular weight excluding hydrogens is 636 g/mol. The molecule has 7 heteroatoms. The summed E-state index contributed by atoms with van der Waals surface area (Å²) in [4.78, 5) is 3.30. The molecule has 29 heavy (non-hydrogen) atoms. The highest BCUT2D eigenvalue weighted by Gasteiger charge is 2.05. The average Bonchev–Trinajstić information content (AvgIpc) is 2.71. The molecule has 0 aliphatic rings. The Balaban J connectivity index is 1.88. The summed E-state index contributed by atoms with van der Waals surface area (Å²) in [6.45, 7) is 0. The van der Waals surface area contributed by atoms with Gasteiger partial charge in [-0.1, -0.05) is 94.7 Å². The molecule has 3 aromatic rings. The van der Waals surface area contributed by atoms with Crippen LogP contribution in [0.2, 0.25) is 0 Å². The number of hydrogen-bond acceptors (Lipinski definition) is 3. The molecule has 0 atom stereocenters. The summed E-state index contributed by atoms with van der Waals surface area (Å²) in [6, 6.07) is 24.4. The second-order valence-corrected chi connectivity index (χ2v) is 12.3. The molecular formula is C22H12Br3ClS3. The molecule has 0 radical (unpaired) electrons. The van der Waals surface area contributed by atoms with Crippen molar-refractivity contribution in [3.63, 3.8) is 0 Å². The molecule has 0 heterocycles. The molecule has 3 aromatic carbocycles. The fourth-order valence-corrected chi connectivity index (χ4v) is 5.63. The van der Waals surface area contributed by atoms with E-state index in [4.69, 9.17) is 11.6 Å². The van der Waals surface area contributed by atoms with Gasteiger partial charge in [0, 0.05) is 28.1 Å². The number of thioether (sulfide) groups is 3. The van der Waals surface area contributed by atoms with E-state index in [0.717, 1.165) is 32.3 Å². The Hall–Kier alpha value is -0.260. The summed E-state index contributed by atoms with van der Waals surface area (Å²) in [6.07, 6.45) is 0. The Labute approximate surface area is 213 Å². The van der Waals surface area contributed by atoms with Crippen LogP contribution in [-0.2, 0) is 0 Å². The molecule has 0 N–H and O–H groups in total. The van der Waals surface area contributed by atoms with E-state index in [-0.39, 0.29) is 0 Å². The summed E-state index contributed by atoms with van der Waals surface area (Å²) in [5.41, 5.74) is 6.34. The third-order valence-corrected chi connectivity index (χ3v) is 8.12. The van der Waals surface area contributed by atoms with Crippen LogP contribution in [0.25, 0.3) is 0 Å². The van der Waals surface area contributed by atoms with Crippen molar-refractivity contribution in [3.8, 4) is 0 Å². The zero-order chi connectivity index (χ0) is 20.6. The lowest BCUT2D eigenvalue weighted by molar-refractivity contribution is 1.44. The second-order valence-electron chi connectivity index (χ2n) is 5.48. The van der Waals surface area contributed by atoms with Crippen LogP contribution in [0.15, 0.2) is 121 Å². The van der Waals surface area contributed by atoms with Gasteiger partial charge in [0.1, 0.15) is 8.60 Å². The van der Waals surface area contributed by atoms with Crippen LogP contribution in [0.1, 0.15) is 0 Å². The minimum atomic E-state index is 0.539. The van der Waals surface area contributed by atoms with Crippen LogP contribution in [0.4, 0.5) is 0 Å². The summed E-state index contributed by atoms with van der Waals surface area (Å²) < 4.78 is 4.65. The quantitative estimate of drug-likeness (QED) is 0.193. The van der Waals surface area contributed by atoms with Crippen molar-refractivity contribution >= 4 is 94.7 Å². The maximum absolute atomic E-state index is 6.40. The topological polar surface area (TPSA) is 0 Å². The third-order valence-electron chi connectivity index (χ3n) is 3.33. The van der Waals surface area contributed by atoms with Crippen LogP contribution in [0, 0.1) is 0 Å². The molecule has 0 saturated carbocycles. The van der Waals surface area contributed by atoms with Gasteiger partial charge < -0.3 is 0 Å². The standard InChI is InChI=1S/C22H12Br3ClS3/c23-15-1-7-18(8-2-15)27-21(26)13-14-22(28-19-9-3-16(24)4-10-19)29-20-11-5-17(25)6-12-20/h1-12H. The molecule has 0 amide bonds. The molecule has 0 fully saturated rings. The normalized spacial score (nSPS) is 10.2. The lowest BCUT2D eigenvalue weighted by Gasteiger charge is -2.05. The molecule has 0 saturated heterocycles. The monoisotopic (exact) mass is 644 g/mol. The molecule has 0 aromatic heterocycles. The predicted octanol–water partition coefficient (Wildman–Crippen LogP) is 10.3. The SMILES string of the molecule is ClC(=C=C=C(Sc1ccc(Br)cc1)Sc1ccc(Br)cc1)Sc1ccc(Br)cc1. The predicted molar refractivity (Wildman–Crippen MR) is 140 cm³/mol. The van der Waals surface area contributed by atoms with E-state index < -0.39 is 0 Å². The van der Waals surface area contributed by atoms with E-state index in [1.54, 1.807) is 23.5 Å². The van der Waals surface area contributed by atoms with Crippen LogP contribution >= 0.6 is 94.7 Å². The largest absolute Gasteiger partial charge is 0.129 e. The Morgan fingerprint density at radius 3 is 1.28 bits per heavy atom. The van der Waals surface area contributed by atoms with E-state index in [1.807, 2.05) is 48.5 Å². The highest BCUT2D eigenvalue weighted by atomic mass is 79.9. The first kappa shape index (κ1) is 23.4. The zero-order valence-corrected chi connectivity index (χ0v) is 22.6. The molecule has 0 aliphatic carbocycles. The van der Waals surface area contributed by atoms with Crippen LogP contribution in [-0.4, -0.2) is 0 Å². The molecule has 146 valence electrons. The van der Waals surface area contributed by atoms with Gasteiger partial charge in [-0.05, 0) is 84.3 Å². The Bertz CT molecular complexity index is 1020. The van der Waals surface area contributed by atoms with Crippen LogP contribution in [0.5, 0.6) is 0 Å². The van der Waals surface area contributed by atoms with Crippen molar-refractivity contribution in [1.82, 2.24) is 0 Å². The first-order chi connectivity index (χ1) is 14.0. The number of rotatable bonds is 6. The first-order valence-corrected chi connectivity index (χ1v) is 13.4. The van der Waals surface area contributed by atoms with Gasteiger partial charge in [0.2, 0.25) is 0 Å². The lowest BCUT2D eigenvalue weighted by atomic mass is 10.4. The van der Waals surface area contributed by atoms with Gasteiger partial charge in [-0.3, -0.25) is 0 Å². The minimum absolute atomic E-state index is 0.539. The lowest BCUT2D eigenvalue weighted by Crippen LogP contribution is -1.75. The Morgan fingerprint density at radius 2 is 0.897 bits per heavy atom. The summed E-state index contributed by atoms with van der Waals surface area (Å²) in [5, 5.41) is 0. The van der Waals surface area contributed by atoms with Gasteiger partial charge in [0.05, 0.1) is 0 Å². The maximum Gasteiger partial charge on any atom is 0.129 e. The van der Waals surface area contributed by atoms with Crippen LogP contribution in [0.3, 0.4) is 0 Å². The summed E-state index contributed by atoms with van der Waals surface area (Å²) >= 11 is 21.5. The molecule has 0 unspecified atom stereocenters. The highest BCUT2D eigenvalue weighted by Crippen LogP contribution is 2.39. The van der Waals surface area contributed by atoms with E-state index in [2.05, 4.69) is 83.5 Å². The number of benzene rings is 3. The zero-order valence-electron chi connectivity index (χ0n) is 14.7. The maximum atomic E-state index is 6.40. The molecule has 3 rings (SSSR count). The molecule has 0 aliphatic heterocycles. The van der Waals surface area contributed by atoms with Crippen molar-refractivity contribution in [3.05, 3.63) is 106 Å². The number of halogens is 4. The van der Waals surface area contributed by atoms with Crippen molar-refractivity contribution in [1.29, 1.82) is 0 Å². The fraction of sp³-hybridized carbons (Fsp3) is 0. The van der Waals surface area contributed by atoms with Gasteiger partial charge in [-0.2, -0.15) is 0 Å². The Kier molecular flexibility index (Phi) is 9.64. The van der Waals surface area contributed by atoms with Crippen molar-refractivity contribution < 1.29 is 0 Å².